The van der Waals surface area contributed by atoms with Crippen molar-refractivity contribution >= 4 is 6.16 Å². The van der Waals surface area contributed by atoms with E-state index in [9.17, 15) is 4.79 Å². The molecule has 3 nitrogen and oxygen atoms in total. The van der Waals surface area contributed by atoms with Crippen LogP contribution in [0.25, 0.3) is 0 Å². The predicted molar refractivity (Wildman–Crippen MR) is 51.7 cm³/mol. The van der Waals surface area contributed by atoms with E-state index in [1.807, 2.05) is 13.8 Å². The molecule has 13 heavy (non-hydrogen) atoms. The normalized spacial score (nSPS) is 10.2. The topological polar surface area (TPSA) is 35.5 Å². The molecule has 0 unspecified atom stereocenters. The van der Waals surface area contributed by atoms with Gasteiger partial charge in [0, 0.05) is 0 Å². The Balaban J connectivity index is 3.48. The first-order valence-corrected chi connectivity index (χ1v) is 5.07. The Labute approximate surface area is 80.4 Å². The van der Waals surface area contributed by atoms with Crippen molar-refractivity contribution in [2.24, 2.45) is 0 Å². The molecule has 3 heteroatoms. The SMILES string of the molecule is CCCCOC(=O)OC(CC)CC. The number of hydrogen-bond donors (Lipinski definition) is 0. The molecular formula is C10H20O3. The van der Waals surface area contributed by atoms with Gasteiger partial charge in [-0.2, -0.15) is 0 Å². The van der Waals surface area contributed by atoms with E-state index in [-0.39, 0.29) is 6.10 Å². The maximum atomic E-state index is 11.0. The summed E-state index contributed by atoms with van der Waals surface area (Å²) in [6.07, 6.45) is 3.10. The average Bonchev–Trinajstić information content (AvgIpc) is 2.14. The molecule has 0 aromatic carbocycles. The van der Waals surface area contributed by atoms with Crippen LogP contribution in [-0.4, -0.2) is 18.9 Å². The predicted octanol–water partition coefficient (Wildman–Crippen LogP) is 3.13. The van der Waals surface area contributed by atoms with E-state index in [4.69, 9.17) is 9.47 Å². The zero-order valence-electron chi connectivity index (χ0n) is 8.84. The molecule has 0 aliphatic rings. The highest BCUT2D eigenvalue weighted by Crippen LogP contribution is 2.04. The third kappa shape index (κ3) is 6.43. The highest BCUT2D eigenvalue weighted by atomic mass is 16.7. The van der Waals surface area contributed by atoms with Crippen molar-refractivity contribution in [3.63, 3.8) is 0 Å². The first-order valence-electron chi connectivity index (χ1n) is 5.07. The summed E-state index contributed by atoms with van der Waals surface area (Å²) in [4.78, 5) is 11.0. The molecule has 0 rings (SSSR count). The molecule has 0 N–H and O–H groups in total. The summed E-state index contributed by atoms with van der Waals surface area (Å²) in [6.45, 7) is 6.51. The number of rotatable bonds is 6. The van der Waals surface area contributed by atoms with Crippen molar-refractivity contribution in [1.82, 2.24) is 0 Å². The van der Waals surface area contributed by atoms with Crippen LogP contribution in [0.3, 0.4) is 0 Å². The summed E-state index contributed by atoms with van der Waals surface area (Å²) in [5.41, 5.74) is 0. The zero-order valence-corrected chi connectivity index (χ0v) is 8.84. The lowest BCUT2D eigenvalue weighted by Crippen LogP contribution is -2.17. The molecule has 0 heterocycles. The molecule has 78 valence electrons. The minimum Gasteiger partial charge on any atom is -0.434 e. The van der Waals surface area contributed by atoms with Crippen LogP contribution >= 0.6 is 0 Å². The number of carbonyl (C=O) groups is 1. The van der Waals surface area contributed by atoms with Crippen molar-refractivity contribution in [3.8, 4) is 0 Å². The Bertz CT molecular complexity index is 130. The van der Waals surface area contributed by atoms with E-state index in [1.165, 1.54) is 0 Å². The summed E-state index contributed by atoms with van der Waals surface area (Å²) in [5.74, 6) is 0. The van der Waals surface area contributed by atoms with E-state index in [1.54, 1.807) is 0 Å². The summed E-state index contributed by atoms with van der Waals surface area (Å²) in [5, 5.41) is 0. The Morgan fingerprint density at radius 3 is 2.31 bits per heavy atom. The lowest BCUT2D eigenvalue weighted by molar-refractivity contribution is 0.0204. The quantitative estimate of drug-likeness (QED) is 0.474. The van der Waals surface area contributed by atoms with Crippen molar-refractivity contribution in [1.29, 1.82) is 0 Å². The van der Waals surface area contributed by atoms with Gasteiger partial charge in [-0.3, -0.25) is 0 Å². The van der Waals surface area contributed by atoms with Crippen LogP contribution in [0.2, 0.25) is 0 Å². The van der Waals surface area contributed by atoms with Gasteiger partial charge in [0.25, 0.3) is 0 Å². The smallest absolute Gasteiger partial charge is 0.434 e. The molecular weight excluding hydrogens is 168 g/mol. The van der Waals surface area contributed by atoms with Gasteiger partial charge in [0.15, 0.2) is 0 Å². The summed E-state index contributed by atoms with van der Waals surface area (Å²) in [7, 11) is 0. The third-order valence-electron chi connectivity index (χ3n) is 1.89. The van der Waals surface area contributed by atoms with Crippen LogP contribution in [0.15, 0.2) is 0 Å². The van der Waals surface area contributed by atoms with Crippen molar-refractivity contribution in [2.75, 3.05) is 6.61 Å². The second-order valence-corrected chi connectivity index (χ2v) is 3.01. The lowest BCUT2D eigenvalue weighted by atomic mass is 10.2. The van der Waals surface area contributed by atoms with Crippen molar-refractivity contribution in [2.45, 2.75) is 52.6 Å². The highest BCUT2D eigenvalue weighted by molar-refractivity contribution is 5.60. The fourth-order valence-electron chi connectivity index (χ4n) is 0.925. The molecule has 0 amide bonds. The average molecular weight is 188 g/mol. The Hall–Kier alpha value is -0.730. The van der Waals surface area contributed by atoms with Gasteiger partial charge in [-0.15, -0.1) is 0 Å². The molecule has 0 spiro atoms. The number of hydrogen-bond acceptors (Lipinski definition) is 3. The van der Waals surface area contributed by atoms with E-state index < -0.39 is 6.16 Å². The van der Waals surface area contributed by atoms with Crippen molar-refractivity contribution in [3.05, 3.63) is 0 Å². The second-order valence-electron chi connectivity index (χ2n) is 3.01. The molecule has 0 fully saturated rings. The number of unbranched alkanes of at least 4 members (excludes halogenated alkanes) is 1. The summed E-state index contributed by atoms with van der Waals surface area (Å²) >= 11 is 0. The summed E-state index contributed by atoms with van der Waals surface area (Å²) < 4.78 is 9.89. The molecule has 0 saturated heterocycles. The first kappa shape index (κ1) is 12.3. The van der Waals surface area contributed by atoms with Gasteiger partial charge in [0.05, 0.1) is 6.61 Å². The molecule has 0 atom stereocenters. The van der Waals surface area contributed by atoms with Gasteiger partial charge in [-0.25, -0.2) is 4.79 Å². The maximum Gasteiger partial charge on any atom is 0.508 e. The molecule has 0 aromatic rings. The van der Waals surface area contributed by atoms with Crippen LogP contribution < -0.4 is 0 Å². The number of carbonyl (C=O) groups excluding carboxylic acids is 1. The van der Waals surface area contributed by atoms with E-state index in [0.29, 0.717) is 6.61 Å². The zero-order chi connectivity index (χ0) is 10.1. The molecule has 0 saturated carbocycles. The van der Waals surface area contributed by atoms with Crippen molar-refractivity contribution < 1.29 is 14.3 Å². The molecule has 0 bridgehead atoms. The van der Waals surface area contributed by atoms with Gasteiger partial charge in [0.1, 0.15) is 6.10 Å². The van der Waals surface area contributed by atoms with Gasteiger partial charge >= 0.3 is 6.16 Å². The second kappa shape index (κ2) is 7.90. The van der Waals surface area contributed by atoms with Crippen LogP contribution in [-0.2, 0) is 9.47 Å². The van der Waals surface area contributed by atoms with Crippen LogP contribution in [0.5, 0.6) is 0 Å². The standard InChI is InChI=1S/C10H20O3/c1-4-7-8-12-10(11)13-9(5-2)6-3/h9H,4-8H2,1-3H3. The molecule has 0 aromatic heterocycles. The Morgan fingerprint density at radius 1 is 1.23 bits per heavy atom. The lowest BCUT2D eigenvalue weighted by Gasteiger charge is -2.13. The summed E-state index contributed by atoms with van der Waals surface area (Å²) in [6, 6.07) is 0. The van der Waals surface area contributed by atoms with Crippen LogP contribution in [0.1, 0.15) is 46.5 Å². The van der Waals surface area contributed by atoms with E-state index >= 15 is 0 Å². The molecule has 0 aliphatic heterocycles. The maximum absolute atomic E-state index is 11.0. The minimum absolute atomic E-state index is 0.00845. The minimum atomic E-state index is -0.526. The number of ether oxygens (including phenoxy) is 2. The third-order valence-corrected chi connectivity index (χ3v) is 1.89. The van der Waals surface area contributed by atoms with Crippen LogP contribution in [0, 0.1) is 0 Å². The Kier molecular flexibility index (Phi) is 7.45. The van der Waals surface area contributed by atoms with Gasteiger partial charge < -0.3 is 9.47 Å². The molecule has 0 radical (unpaired) electrons. The van der Waals surface area contributed by atoms with Gasteiger partial charge in [0.2, 0.25) is 0 Å². The fourth-order valence-corrected chi connectivity index (χ4v) is 0.925. The first-order chi connectivity index (χ1) is 6.24. The van der Waals surface area contributed by atoms with Gasteiger partial charge in [-0.05, 0) is 19.3 Å². The largest absolute Gasteiger partial charge is 0.508 e. The fraction of sp³-hybridized carbons (Fsp3) is 0.900. The molecule has 0 aliphatic carbocycles. The van der Waals surface area contributed by atoms with E-state index in [0.717, 1.165) is 25.7 Å². The van der Waals surface area contributed by atoms with Gasteiger partial charge in [-0.1, -0.05) is 27.2 Å². The Morgan fingerprint density at radius 2 is 1.85 bits per heavy atom. The van der Waals surface area contributed by atoms with E-state index in [2.05, 4.69) is 6.92 Å². The van der Waals surface area contributed by atoms with Crippen LogP contribution in [0.4, 0.5) is 4.79 Å². The highest BCUT2D eigenvalue weighted by Gasteiger charge is 2.10. The monoisotopic (exact) mass is 188 g/mol.